The molecule has 0 rings (SSSR count). The van der Waals surface area contributed by atoms with Crippen molar-refractivity contribution in [2.24, 2.45) is 17.8 Å². The van der Waals surface area contributed by atoms with Crippen molar-refractivity contribution in [3.05, 3.63) is 0 Å². The molecule has 386 valence electrons. The molecule has 6 heteroatoms. The van der Waals surface area contributed by atoms with Gasteiger partial charge in [-0.15, -0.1) is 0 Å². The van der Waals surface area contributed by atoms with E-state index in [1.807, 2.05) is 0 Å². The van der Waals surface area contributed by atoms with E-state index in [-0.39, 0.29) is 31.1 Å². The first-order valence-electron chi connectivity index (χ1n) is 29.1. The lowest BCUT2D eigenvalue weighted by atomic mass is 10.0. The summed E-state index contributed by atoms with van der Waals surface area (Å²) in [5, 5.41) is 0. The maximum absolute atomic E-state index is 12.9. The van der Waals surface area contributed by atoms with Gasteiger partial charge >= 0.3 is 17.9 Å². The van der Waals surface area contributed by atoms with E-state index in [0.717, 1.165) is 75.5 Å². The average molecular weight is 920 g/mol. The third kappa shape index (κ3) is 53.2. The molecule has 0 aliphatic heterocycles. The molecule has 0 spiro atoms. The minimum absolute atomic E-state index is 0.0635. The Labute approximate surface area is 406 Å². The van der Waals surface area contributed by atoms with E-state index in [1.165, 1.54) is 205 Å². The molecule has 0 saturated carbocycles. The van der Waals surface area contributed by atoms with Gasteiger partial charge in [0.1, 0.15) is 13.2 Å². The Balaban J connectivity index is 4.30. The predicted octanol–water partition coefficient (Wildman–Crippen LogP) is 19.1. The van der Waals surface area contributed by atoms with E-state index in [0.29, 0.717) is 19.3 Å². The predicted molar refractivity (Wildman–Crippen MR) is 279 cm³/mol. The fourth-order valence-electron chi connectivity index (χ4n) is 9.00. The van der Waals surface area contributed by atoms with Gasteiger partial charge in [0.05, 0.1) is 0 Å². The lowest BCUT2D eigenvalue weighted by Gasteiger charge is -2.18. The average Bonchev–Trinajstić information content (AvgIpc) is 3.26. The quantitative estimate of drug-likeness (QED) is 0.0344. The van der Waals surface area contributed by atoms with Crippen molar-refractivity contribution < 1.29 is 28.6 Å². The third-order valence-electron chi connectivity index (χ3n) is 13.4. The van der Waals surface area contributed by atoms with Gasteiger partial charge in [0.15, 0.2) is 6.10 Å². The highest BCUT2D eigenvalue weighted by Gasteiger charge is 2.19. The highest BCUT2D eigenvalue weighted by atomic mass is 16.6. The number of carbonyl (C=O) groups excluding carboxylic acids is 3. The van der Waals surface area contributed by atoms with Gasteiger partial charge in [0.2, 0.25) is 0 Å². The zero-order valence-corrected chi connectivity index (χ0v) is 44.8. The lowest BCUT2D eigenvalue weighted by Crippen LogP contribution is -2.30. The van der Waals surface area contributed by atoms with Gasteiger partial charge in [0.25, 0.3) is 0 Å². The number of rotatable bonds is 52. The number of ether oxygens (including phenoxy) is 3. The summed E-state index contributed by atoms with van der Waals surface area (Å²) in [5.74, 6) is 1.66. The van der Waals surface area contributed by atoms with Gasteiger partial charge in [-0.1, -0.05) is 286 Å². The molecule has 6 nitrogen and oxygen atoms in total. The number of esters is 3. The smallest absolute Gasteiger partial charge is 0.306 e. The zero-order chi connectivity index (χ0) is 47.7. The molecular weight excluding hydrogens is 805 g/mol. The summed E-state index contributed by atoms with van der Waals surface area (Å²) in [7, 11) is 0. The molecular formula is C59H114O6. The molecule has 0 fully saturated rings. The Morgan fingerprint density at radius 2 is 0.446 bits per heavy atom. The van der Waals surface area contributed by atoms with E-state index in [1.54, 1.807) is 0 Å². The fraction of sp³-hybridized carbons (Fsp3) is 0.949. The van der Waals surface area contributed by atoms with E-state index in [9.17, 15) is 14.4 Å². The molecule has 65 heavy (non-hydrogen) atoms. The Morgan fingerprint density at radius 3 is 0.662 bits per heavy atom. The van der Waals surface area contributed by atoms with Crippen LogP contribution in [-0.2, 0) is 28.6 Å². The molecule has 0 aromatic rings. The van der Waals surface area contributed by atoms with Crippen LogP contribution in [0.1, 0.15) is 324 Å². The van der Waals surface area contributed by atoms with Crippen LogP contribution < -0.4 is 0 Å². The normalized spacial score (nSPS) is 12.1. The minimum Gasteiger partial charge on any atom is -0.462 e. The van der Waals surface area contributed by atoms with Gasteiger partial charge in [0, 0.05) is 19.3 Å². The van der Waals surface area contributed by atoms with Crippen LogP contribution in [0.3, 0.4) is 0 Å². The topological polar surface area (TPSA) is 78.9 Å². The second kappa shape index (κ2) is 50.3. The van der Waals surface area contributed by atoms with Crippen LogP contribution in [0, 0.1) is 17.8 Å². The molecule has 0 saturated heterocycles. The SMILES string of the molecule is CC(C)CCCCCCCCCCCCCCCCCC(=O)O[C@@H](COC(=O)CCCCCCCCCCCCCCCC(C)C)COC(=O)CCCCCCCCCCCCC(C)C. The molecule has 1 atom stereocenters. The summed E-state index contributed by atoms with van der Waals surface area (Å²) < 4.78 is 16.9. The Hall–Kier alpha value is -1.59. The molecule has 0 aliphatic carbocycles. The van der Waals surface area contributed by atoms with Gasteiger partial charge in [-0.25, -0.2) is 0 Å². The first-order valence-corrected chi connectivity index (χ1v) is 29.1. The summed E-state index contributed by atoms with van der Waals surface area (Å²) in [4.78, 5) is 38.1. The van der Waals surface area contributed by atoms with Gasteiger partial charge in [-0.3, -0.25) is 14.4 Å². The maximum atomic E-state index is 12.9. The third-order valence-corrected chi connectivity index (χ3v) is 13.4. The lowest BCUT2D eigenvalue weighted by molar-refractivity contribution is -0.167. The standard InChI is InChI=1S/C59H114O6/c1-53(2)45-39-33-27-21-15-11-8-7-9-13-18-26-32-38-44-50-59(62)65-56(52-64-58(61)49-43-37-31-25-20-19-23-29-35-41-47-55(5)6)51-63-57(60)48-42-36-30-24-17-14-10-12-16-22-28-34-40-46-54(3)4/h53-56H,7-52H2,1-6H3/t56-/m0/s1. The van der Waals surface area contributed by atoms with Crippen molar-refractivity contribution in [1.82, 2.24) is 0 Å². The second-order valence-corrected chi connectivity index (χ2v) is 21.7. The molecule has 0 bridgehead atoms. The zero-order valence-electron chi connectivity index (χ0n) is 44.8. The summed E-state index contributed by atoms with van der Waals surface area (Å²) >= 11 is 0. The molecule has 0 radical (unpaired) electrons. The summed E-state index contributed by atoms with van der Waals surface area (Å²) in [6, 6.07) is 0. The van der Waals surface area contributed by atoms with Crippen molar-refractivity contribution in [2.75, 3.05) is 13.2 Å². The molecule has 0 aromatic carbocycles. The van der Waals surface area contributed by atoms with Gasteiger partial charge < -0.3 is 14.2 Å². The van der Waals surface area contributed by atoms with Crippen LogP contribution in [0.4, 0.5) is 0 Å². The Bertz CT molecular complexity index is 1010. The van der Waals surface area contributed by atoms with Crippen molar-refractivity contribution in [2.45, 2.75) is 330 Å². The highest BCUT2D eigenvalue weighted by Crippen LogP contribution is 2.18. The highest BCUT2D eigenvalue weighted by molar-refractivity contribution is 5.71. The number of hydrogen-bond acceptors (Lipinski definition) is 6. The molecule has 0 amide bonds. The first-order chi connectivity index (χ1) is 31.6. The monoisotopic (exact) mass is 919 g/mol. The largest absolute Gasteiger partial charge is 0.462 e. The van der Waals surface area contributed by atoms with Crippen LogP contribution >= 0.6 is 0 Å². The summed E-state index contributed by atoms with van der Waals surface area (Å²) in [6.07, 6.45) is 52.4. The summed E-state index contributed by atoms with van der Waals surface area (Å²) in [6.45, 7) is 13.8. The van der Waals surface area contributed by atoms with Crippen LogP contribution in [0.5, 0.6) is 0 Å². The Kier molecular flexibility index (Phi) is 49.1. The van der Waals surface area contributed by atoms with Crippen molar-refractivity contribution in [1.29, 1.82) is 0 Å². The number of carbonyl (C=O) groups is 3. The first kappa shape index (κ1) is 63.4. The molecule has 0 aromatic heterocycles. The van der Waals surface area contributed by atoms with Gasteiger partial charge in [-0.05, 0) is 37.0 Å². The maximum Gasteiger partial charge on any atom is 0.306 e. The van der Waals surface area contributed by atoms with Crippen molar-refractivity contribution in [3.63, 3.8) is 0 Å². The van der Waals surface area contributed by atoms with Crippen LogP contribution in [0.15, 0.2) is 0 Å². The van der Waals surface area contributed by atoms with Crippen molar-refractivity contribution in [3.8, 4) is 0 Å². The number of unbranched alkanes of at least 4 members (excludes halogenated alkanes) is 35. The van der Waals surface area contributed by atoms with Gasteiger partial charge in [-0.2, -0.15) is 0 Å². The van der Waals surface area contributed by atoms with Crippen molar-refractivity contribution >= 4 is 17.9 Å². The molecule has 0 N–H and O–H groups in total. The van der Waals surface area contributed by atoms with Crippen LogP contribution in [0.25, 0.3) is 0 Å². The van der Waals surface area contributed by atoms with E-state index < -0.39 is 6.10 Å². The Morgan fingerprint density at radius 1 is 0.262 bits per heavy atom. The molecule has 0 aliphatic rings. The van der Waals surface area contributed by atoms with Crippen LogP contribution in [0.2, 0.25) is 0 Å². The van der Waals surface area contributed by atoms with E-state index >= 15 is 0 Å². The van der Waals surface area contributed by atoms with Crippen LogP contribution in [-0.4, -0.2) is 37.2 Å². The fourth-order valence-corrected chi connectivity index (χ4v) is 9.00. The molecule has 0 heterocycles. The minimum atomic E-state index is -0.764. The summed E-state index contributed by atoms with van der Waals surface area (Å²) in [5.41, 5.74) is 0. The van der Waals surface area contributed by atoms with E-state index in [4.69, 9.17) is 14.2 Å². The van der Waals surface area contributed by atoms with E-state index in [2.05, 4.69) is 41.5 Å². The second-order valence-electron chi connectivity index (χ2n) is 21.7. The molecule has 0 unspecified atom stereocenters. The number of hydrogen-bond donors (Lipinski definition) is 0.